The average Bonchev–Trinajstić information content (AvgIpc) is 2.92. The van der Waals surface area contributed by atoms with Crippen LogP contribution < -0.4 is 16.0 Å². The van der Waals surface area contributed by atoms with Crippen LogP contribution in [0.2, 0.25) is 5.02 Å². The van der Waals surface area contributed by atoms with E-state index in [0.29, 0.717) is 28.8 Å². The monoisotopic (exact) mass is 396 g/mol. The summed E-state index contributed by atoms with van der Waals surface area (Å²) in [5.41, 5.74) is 0.0653. The predicted octanol–water partition coefficient (Wildman–Crippen LogP) is 4.51. The zero-order chi connectivity index (χ0) is 19.2. The minimum atomic E-state index is -0.526. The van der Waals surface area contributed by atoms with E-state index in [1.54, 1.807) is 30.5 Å². The molecule has 0 unspecified atom stereocenters. The molecule has 0 radical (unpaired) electrons. The molecule has 1 aromatic heterocycles. The highest BCUT2D eigenvalue weighted by Gasteiger charge is 2.15. The van der Waals surface area contributed by atoms with Crippen LogP contribution in [-0.2, 0) is 11.2 Å². The summed E-state index contributed by atoms with van der Waals surface area (Å²) in [4.78, 5) is 28.6. The first-order valence-corrected chi connectivity index (χ1v) is 9.16. The summed E-state index contributed by atoms with van der Waals surface area (Å²) in [5, 5.41) is 9.03. The highest BCUT2D eigenvalue weighted by atomic mass is 35.5. The lowest BCUT2D eigenvalue weighted by atomic mass is 10.2. The number of anilines is 2. The first-order valence-electron chi connectivity index (χ1n) is 7.96. The number of amides is 3. The van der Waals surface area contributed by atoms with Gasteiger partial charge in [-0.05, 0) is 39.0 Å². The maximum atomic E-state index is 12.0. The van der Waals surface area contributed by atoms with Crippen molar-refractivity contribution >= 4 is 45.9 Å². The number of hydrogen-bond donors (Lipinski definition) is 3. The zero-order valence-corrected chi connectivity index (χ0v) is 16.3. The number of nitrogens with zero attached hydrogens (tertiary/aromatic N) is 1. The maximum absolute atomic E-state index is 12.0. The van der Waals surface area contributed by atoms with Gasteiger partial charge in [-0.1, -0.05) is 17.7 Å². The Morgan fingerprint density at radius 2 is 2.04 bits per heavy atom. The second-order valence-corrected chi connectivity index (χ2v) is 7.95. The van der Waals surface area contributed by atoms with E-state index in [2.05, 4.69) is 20.9 Å². The van der Waals surface area contributed by atoms with E-state index < -0.39 is 17.7 Å². The molecule has 0 bridgehead atoms. The van der Waals surface area contributed by atoms with Crippen molar-refractivity contribution in [3.63, 3.8) is 0 Å². The lowest BCUT2D eigenvalue weighted by Gasteiger charge is -2.19. The van der Waals surface area contributed by atoms with Gasteiger partial charge in [-0.25, -0.2) is 14.6 Å². The van der Waals surface area contributed by atoms with Crippen molar-refractivity contribution in [2.75, 3.05) is 17.2 Å². The van der Waals surface area contributed by atoms with Crippen LogP contribution in [0.3, 0.4) is 0 Å². The van der Waals surface area contributed by atoms with Gasteiger partial charge in [0.1, 0.15) is 5.60 Å². The zero-order valence-electron chi connectivity index (χ0n) is 14.8. The van der Waals surface area contributed by atoms with Crippen molar-refractivity contribution in [1.29, 1.82) is 0 Å². The summed E-state index contributed by atoms with van der Waals surface area (Å²) in [6.07, 6.45) is 1.80. The fraction of sp³-hybridized carbons (Fsp3) is 0.353. The van der Waals surface area contributed by atoms with E-state index in [1.807, 2.05) is 20.8 Å². The van der Waals surface area contributed by atoms with E-state index in [-0.39, 0.29) is 0 Å². The third-order valence-corrected chi connectivity index (χ3v) is 4.10. The molecule has 7 nitrogen and oxygen atoms in total. The number of carbonyl (C=O) groups excluding carboxylic acids is 2. The van der Waals surface area contributed by atoms with Crippen molar-refractivity contribution in [1.82, 2.24) is 10.3 Å². The fourth-order valence-corrected chi connectivity index (χ4v) is 2.91. The second kappa shape index (κ2) is 8.86. The number of aromatic nitrogens is 1. The van der Waals surface area contributed by atoms with Crippen LogP contribution >= 0.6 is 22.9 Å². The highest BCUT2D eigenvalue weighted by Crippen LogP contribution is 2.19. The van der Waals surface area contributed by atoms with Crippen LogP contribution in [0.25, 0.3) is 0 Å². The number of urea groups is 1. The van der Waals surface area contributed by atoms with Crippen molar-refractivity contribution in [3.05, 3.63) is 40.4 Å². The molecule has 0 saturated carbocycles. The fourth-order valence-electron chi connectivity index (χ4n) is 1.91. The maximum Gasteiger partial charge on any atom is 0.407 e. The van der Waals surface area contributed by atoms with Crippen molar-refractivity contribution in [3.8, 4) is 0 Å². The van der Waals surface area contributed by atoms with E-state index in [0.717, 1.165) is 4.88 Å². The van der Waals surface area contributed by atoms with Gasteiger partial charge in [-0.15, -0.1) is 11.3 Å². The Morgan fingerprint density at radius 3 is 2.73 bits per heavy atom. The van der Waals surface area contributed by atoms with Crippen LogP contribution in [0.1, 0.15) is 25.6 Å². The molecule has 0 aliphatic carbocycles. The molecule has 0 aliphatic rings. The molecule has 0 aliphatic heterocycles. The average molecular weight is 397 g/mol. The number of thiazole rings is 1. The quantitative estimate of drug-likeness (QED) is 0.693. The third-order valence-electron chi connectivity index (χ3n) is 2.90. The molecule has 0 atom stereocenters. The van der Waals surface area contributed by atoms with Gasteiger partial charge in [0, 0.05) is 34.7 Å². The minimum Gasteiger partial charge on any atom is -0.444 e. The summed E-state index contributed by atoms with van der Waals surface area (Å²) in [6.45, 7) is 5.84. The highest BCUT2D eigenvalue weighted by molar-refractivity contribution is 7.15. The lowest BCUT2D eigenvalue weighted by molar-refractivity contribution is 0.0528. The normalized spacial score (nSPS) is 10.9. The molecule has 1 heterocycles. The van der Waals surface area contributed by atoms with Crippen molar-refractivity contribution in [2.24, 2.45) is 0 Å². The number of nitrogens with one attached hydrogen (secondary N) is 3. The SMILES string of the molecule is CC(C)(C)OC(=O)NCCc1cnc(NC(=O)Nc2cccc(Cl)c2)s1. The molecule has 2 rings (SSSR count). The molecule has 2 aromatic rings. The number of hydrogen-bond acceptors (Lipinski definition) is 5. The third kappa shape index (κ3) is 7.28. The number of ether oxygens (including phenoxy) is 1. The first kappa shape index (κ1) is 20.0. The smallest absolute Gasteiger partial charge is 0.407 e. The molecule has 9 heteroatoms. The Kier molecular flexibility index (Phi) is 6.82. The molecular formula is C17H21ClN4O3S. The molecule has 3 N–H and O–H groups in total. The molecule has 26 heavy (non-hydrogen) atoms. The van der Waals surface area contributed by atoms with Gasteiger partial charge in [-0.2, -0.15) is 0 Å². The Morgan fingerprint density at radius 1 is 1.27 bits per heavy atom. The van der Waals surface area contributed by atoms with Crippen LogP contribution in [-0.4, -0.2) is 29.3 Å². The number of alkyl carbamates (subject to hydrolysis) is 1. The van der Waals surface area contributed by atoms with Gasteiger partial charge < -0.3 is 15.4 Å². The summed E-state index contributed by atoms with van der Waals surface area (Å²) >= 11 is 7.22. The second-order valence-electron chi connectivity index (χ2n) is 6.40. The Balaban J connectivity index is 1.76. The van der Waals surface area contributed by atoms with Gasteiger partial charge in [0.2, 0.25) is 0 Å². The van der Waals surface area contributed by atoms with Gasteiger partial charge in [-0.3, -0.25) is 5.32 Å². The topological polar surface area (TPSA) is 92.3 Å². The lowest BCUT2D eigenvalue weighted by Crippen LogP contribution is -2.33. The predicted molar refractivity (Wildman–Crippen MR) is 104 cm³/mol. The van der Waals surface area contributed by atoms with Crippen LogP contribution in [0.4, 0.5) is 20.4 Å². The number of carbonyl (C=O) groups is 2. The largest absolute Gasteiger partial charge is 0.444 e. The Hall–Kier alpha value is -2.32. The molecule has 140 valence electrons. The summed E-state index contributed by atoms with van der Waals surface area (Å²) in [6, 6.07) is 6.46. The van der Waals surface area contributed by atoms with Crippen LogP contribution in [0, 0.1) is 0 Å². The summed E-state index contributed by atoms with van der Waals surface area (Å²) < 4.78 is 5.16. The molecular weight excluding hydrogens is 376 g/mol. The van der Waals surface area contributed by atoms with Crippen molar-refractivity contribution < 1.29 is 14.3 Å². The number of halogens is 1. The summed E-state index contributed by atoms with van der Waals surface area (Å²) in [5.74, 6) is 0. The molecule has 0 fully saturated rings. The van der Waals surface area contributed by atoms with Gasteiger partial charge in [0.15, 0.2) is 5.13 Å². The van der Waals surface area contributed by atoms with Gasteiger partial charge in [0.25, 0.3) is 0 Å². The van der Waals surface area contributed by atoms with Gasteiger partial charge in [0.05, 0.1) is 0 Å². The summed E-state index contributed by atoms with van der Waals surface area (Å²) in [7, 11) is 0. The number of rotatable bonds is 5. The molecule has 1 aromatic carbocycles. The van der Waals surface area contributed by atoms with E-state index in [9.17, 15) is 9.59 Å². The molecule has 0 spiro atoms. The van der Waals surface area contributed by atoms with E-state index in [1.165, 1.54) is 11.3 Å². The standard InChI is InChI=1S/C17H21ClN4O3S/c1-17(2,3)25-16(24)19-8-7-13-10-20-15(26-13)22-14(23)21-12-6-4-5-11(18)9-12/h4-6,9-10H,7-8H2,1-3H3,(H,19,24)(H2,20,21,22,23). The minimum absolute atomic E-state index is 0.403. The number of benzene rings is 1. The van der Waals surface area contributed by atoms with Crippen LogP contribution in [0.5, 0.6) is 0 Å². The van der Waals surface area contributed by atoms with E-state index in [4.69, 9.17) is 16.3 Å². The Bertz CT molecular complexity index is 773. The first-order chi connectivity index (χ1) is 12.2. The Labute approximate surface area is 161 Å². The van der Waals surface area contributed by atoms with Crippen LogP contribution in [0.15, 0.2) is 30.5 Å². The molecule has 0 saturated heterocycles. The molecule has 3 amide bonds. The van der Waals surface area contributed by atoms with Gasteiger partial charge >= 0.3 is 12.1 Å². The van der Waals surface area contributed by atoms with Crippen molar-refractivity contribution in [2.45, 2.75) is 32.8 Å². The van der Waals surface area contributed by atoms with E-state index >= 15 is 0 Å².